The zero-order chi connectivity index (χ0) is 25.4. The van der Waals surface area contributed by atoms with Gasteiger partial charge in [0.25, 0.3) is 5.56 Å². The lowest BCUT2D eigenvalue weighted by atomic mass is 10.1. The van der Waals surface area contributed by atoms with Gasteiger partial charge in [0.15, 0.2) is 11.2 Å². The normalized spacial score (nSPS) is 21.4. The fourth-order valence-electron chi connectivity index (χ4n) is 1.75. The molecule has 2 aromatic rings. The van der Waals surface area contributed by atoms with Crippen molar-refractivity contribution in [2.24, 2.45) is 11.6 Å². The number of hydrogen-bond donors (Lipinski definition) is 4. The number of esters is 1. The number of nitrogens with zero attached hydrogens (tertiary/aromatic N) is 3. The van der Waals surface area contributed by atoms with E-state index in [0.717, 1.165) is 0 Å². The highest BCUT2D eigenvalue weighted by Gasteiger charge is 2.20. The number of H-pyrrole nitrogens is 1. The standard InChI is InChI=1S/C14H22N6O5/c1-7(2)9(15)13(23)25-4-8(21)3-24-6-20-5-17-10-11(20)18-14(16)19-12(10)22/h5,7-9,21H,3-4,6,15H2,1-2H3,(H3,16,18,19,22)/t8-,9-/m0/s1/i1D3,2D3,7D,9D. The van der Waals surface area contributed by atoms with Crippen LogP contribution in [0.2, 0.25) is 0 Å². The molecule has 0 spiro atoms. The first kappa shape index (κ1) is 10.5. The predicted octanol–water partition coefficient (Wildman–Crippen LogP) is -1.44. The summed E-state index contributed by atoms with van der Waals surface area (Å²) in [6.45, 7) is -8.81. The topological polar surface area (TPSA) is 171 Å². The summed E-state index contributed by atoms with van der Waals surface area (Å²) in [4.78, 5) is 34.0. The molecule has 0 radical (unpaired) electrons. The summed E-state index contributed by atoms with van der Waals surface area (Å²) in [7, 11) is 0. The van der Waals surface area contributed by atoms with Crippen LogP contribution in [0.15, 0.2) is 11.1 Å². The number of nitrogen functional groups attached to an aromatic ring is 1. The number of aromatic amines is 1. The molecule has 25 heavy (non-hydrogen) atoms. The van der Waals surface area contributed by atoms with Gasteiger partial charge in [-0.05, 0) is 5.89 Å². The zero-order valence-corrected chi connectivity index (χ0v) is 12.9. The smallest absolute Gasteiger partial charge is 0.323 e. The third-order valence-electron chi connectivity index (χ3n) is 2.93. The fraction of sp³-hybridized carbons (Fsp3) is 0.571. The second-order valence-corrected chi connectivity index (χ2v) is 4.88. The lowest BCUT2D eigenvalue weighted by molar-refractivity contribution is -0.150. The van der Waals surface area contributed by atoms with E-state index in [4.69, 9.17) is 27.2 Å². The van der Waals surface area contributed by atoms with Gasteiger partial charge in [0.05, 0.1) is 14.3 Å². The molecule has 0 saturated carbocycles. The minimum atomic E-state index is -3.71. The van der Waals surface area contributed by atoms with E-state index in [1.807, 2.05) is 0 Å². The molecule has 0 unspecified atom stereocenters. The Bertz CT molecular complexity index is 1050. The van der Waals surface area contributed by atoms with E-state index in [-0.39, 0.29) is 23.8 Å². The Morgan fingerprint density at radius 3 is 3.04 bits per heavy atom. The van der Waals surface area contributed by atoms with E-state index in [0.29, 0.717) is 0 Å². The number of hydrogen-bond acceptors (Lipinski definition) is 9. The van der Waals surface area contributed by atoms with Gasteiger partial charge in [0.2, 0.25) is 5.95 Å². The molecule has 138 valence electrons. The molecule has 0 fully saturated rings. The molecule has 0 aliphatic carbocycles. The first-order chi connectivity index (χ1) is 14.9. The molecule has 6 N–H and O–H groups in total. The first-order valence-corrected chi connectivity index (χ1v) is 6.86. The number of carbonyl (C=O) groups excluding carboxylic acids is 1. The number of nitrogens with two attached hydrogens (primary N) is 2. The summed E-state index contributed by atoms with van der Waals surface area (Å²) in [5.74, 6) is -5.69. The Morgan fingerprint density at radius 2 is 2.32 bits per heavy atom. The molecule has 2 heterocycles. The summed E-state index contributed by atoms with van der Waals surface area (Å²) in [6, 6.07) is -3.52. The van der Waals surface area contributed by atoms with Crippen molar-refractivity contribution in [3.05, 3.63) is 16.7 Å². The molecule has 2 atom stereocenters. The van der Waals surface area contributed by atoms with Crippen molar-refractivity contribution in [3.63, 3.8) is 0 Å². The molecule has 0 saturated heterocycles. The highest BCUT2D eigenvalue weighted by Crippen LogP contribution is 2.07. The van der Waals surface area contributed by atoms with E-state index in [2.05, 4.69) is 19.7 Å². The fourth-order valence-corrected chi connectivity index (χ4v) is 1.75. The number of rotatable bonds is 8. The van der Waals surface area contributed by atoms with Crippen LogP contribution in [0, 0.1) is 5.89 Å². The quantitative estimate of drug-likeness (QED) is 0.410. The molecule has 2 aromatic heterocycles. The number of aliphatic hydroxyl groups excluding tert-OH is 1. The van der Waals surface area contributed by atoms with Crippen LogP contribution in [0.3, 0.4) is 0 Å². The molecule has 0 aliphatic rings. The van der Waals surface area contributed by atoms with Crippen LogP contribution >= 0.6 is 0 Å². The van der Waals surface area contributed by atoms with Crippen molar-refractivity contribution in [1.29, 1.82) is 0 Å². The van der Waals surface area contributed by atoms with Gasteiger partial charge in [-0.25, -0.2) is 4.98 Å². The van der Waals surface area contributed by atoms with Crippen LogP contribution in [0.4, 0.5) is 5.95 Å². The van der Waals surface area contributed by atoms with Gasteiger partial charge in [-0.2, -0.15) is 4.98 Å². The lowest BCUT2D eigenvalue weighted by Crippen LogP contribution is -2.38. The average molecular weight is 362 g/mol. The monoisotopic (exact) mass is 362 g/mol. The molecule has 0 amide bonds. The number of aliphatic hydroxyl groups is 1. The number of imidazole rings is 1. The van der Waals surface area contributed by atoms with Gasteiger partial charge in [-0.15, -0.1) is 0 Å². The number of ether oxygens (including phenoxy) is 2. The Labute approximate surface area is 154 Å². The van der Waals surface area contributed by atoms with Gasteiger partial charge in [-0.1, -0.05) is 13.7 Å². The zero-order valence-electron chi connectivity index (χ0n) is 20.9. The highest BCUT2D eigenvalue weighted by atomic mass is 16.6. The number of carbonyl (C=O) groups is 1. The molecular formula is C14H22N6O5. The van der Waals surface area contributed by atoms with Crippen molar-refractivity contribution >= 4 is 23.1 Å². The van der Waals surface area contributed by atoms with Crippen molar-refractivity contribution in [3.8, 4) is 0 Å². The van der Waals surface area contributed by atoms with Crippen molar-refractivity contribution in [2.75, 3.05) is 18.9 Å². The van der Waals surface area contributed by atoms with Crippen LogP contribution in [-0.2, 0) is 21.0 Å². The summed E-state index contributed by atoms with van der Waals surface area (Å²) < 4.78 is 70.7. The Hall–Kier alpha value is -2.50. The van der Waals surface area contributed by atoms with Gasteiger partial charge in [0, 0.05) is 9.60 Å². The van der Waals surface area contributed by atoms with Crippen LogP contribution < -0.4 is 17.0 Å². The Kier molecular flexibility index (Phi) is 3.38. The minimum Gasteiger partial charge on any atom is -0.462 e. The van der Waals surface area contributed by atoms with Gasteiger partial charge in [0.1, 0.15) is 25.5 Å². The molecule has 11 nitrogen and oxygen atoms in total. The Morgan fingerprint density at radius 1 is 1.56 bits per heavy atom. The second kappa shape index (κ2) is 8.05. The summed E-state index contributed by atoms with van der Waals surface area (Å²) in [5, 5.41) is 9.93. The maximum atomic E-state index is 12.2. The first-order valence-electron chi connectivity index (χ1n) is 10.9. The van der Waals surface area contributed by atoms with Crippen LogP contribution in [0.1, 0.15) is 24.7 Å². The van der Waals surface area contributed by atoms with Gasteiger partial charge in [-0.3, -0.25) is 19.1 Å². The summed E-state index contributed by atoms with van der Waals surface area (Å²) in [6.07, 6.45) is -0.263. The molecule has 11 heteroatoms. The van der Waals surface area contributed by atoms with Crippen molar-refractivity contribution in [2.45, 2.75) is 32.6 Å². The predicted molar refractivity (Wildman–Crippen MR) is 88.3 cm³/mol. The molecule has 0 bridgehead atoms. The molecule has 0 aromatic carbocycles. The second-order valence-electron chi connectivity index (χ2n) is 4.88. The minimum absolute atomic E-state index is 0.000555. The highest BCUT2D eigenvalue weighted by molar-refractivity contribution is 5.75. The van der Waals surface area contributed by atoms with Crippen LogP contribution in [-0.4, -0.2) is 55.9 Å². The third-order valence-corrected chi connectivity index (χ3v) is 2.93. The third kappa shape index (κ3) is 4.75. The number of fused-ring (bicyclic) bond motifs is 1. The van der Waals surface area contributed by atoms with Crippen LogP contribution in [0.25, 0.3) is 11.2 Å². The number of anilines is 1. The van der Waals surface area contributed by atoms with E-state index in [9.17, 15) is 14.7 Å². The molecule has 0 aliphatic heterocycles. The maximum absolute atomic E-state index is 12.2. The van der Waals surface area contributed by atoms with Crippen molar-refractivity contribution in [1.82, 2.24) is 19.5 Å². The number of nitrogens with one attached hydrogen (secondary N) is 1. The Balaban J connectivity index is 1.98. The van der Waals surface area contributed by atoms with Crippen molar-refractivity contribution < 1.29 is 30.3 Å². The van der Waals surface area contributed by atoms with E-state index in [1.165, 1.54) is 10.9 Å². The van der Waals surface area contributed by atoms with Crippen LogP contribution in [0.5, 0.6) is 0 Å². The summed E-state index contributed by atoms with van der Waals surface area (Å²) in [5.41, 5.74) is 10.4. The van der Waals surface area contributed by atoms with E-state index < -0.39 is 56.5 Å². The van der Waals surface area contributed by atoms with E-state index in [1.54, 1.807) is 0 Å². The lowest BCUT2D eigenvalue weighted by Gasteiger charge is -2.16. The molecule has 2 rings (SSSR count). The SMILES string of the molecule is [2H]C([2H])([2H])C([2H])(C([2H])([2H])[2H])[C@]([2H])(N)C(=O)OC[C@@H](O)COCn1cnc2c(=O)[nH]c(N)nc21. The summed E-state index contributed by atoms with van der Waals surface area (Å²) >= 11 is 0. The number of aromatic nitrogens is 4. The van der Waals surface area contributed by atoms with Gasteiger partial charge < -0.3 is 26.0 Å². The maximum Gasteiger partial charge on any atom is 0.323 e. The largest absolute Gasteiger partial charge is 0.462 e. The van der Waals surface area contributed by atoms with E-state index >= 15 is 0 Å². The average Bonchev–Trinajstić information content (AvgIpc) is 3.06. The van der Waals surface area contributed by atoms with Gasteiger partial charge >= 0.3 is 5.97 Å². The molecular weight excluding hydrogens is 332 g/mol.